The number of hydrogen-bond acceptors (Lipinski definition) is 3. The summed E-state index contributed by atoms with van der Waals surface area (Å²) in [5.74, 6) is -1.11. The molecular weight excluding hydrogens is 140 g/mol. The van der Waals surface area contributed by atoms with E-state index < -0.39 is 16.8 Å². The van der Waals surface area contributed by atoms with Crippen LogP contribution in [0.5, 0.6) is 0 Å². The molecule has 0 heterocycles. The molecule has 0 saturated heterocycles. The van der Waals surface area contributed by atoms with Crippen LogP contribution in [-0.2, 0) is 4.79 Å². The first-order valence-corrected chi connectivity index (χ1v) is 2.97. The van der Waals surface area contributed by atoms with Gasteiger partial charge in [-0.25, -0.2) is 0 Å². The van der Waals surface area contributed by atoms with Gasteiger partial charge in [-0.05, 0) is 13.8 Å². The Morgan fingerprint density at radius 2 is 2.11 bits per heavy atom. The molecular formula is C5H10O3S. The Morgan fingerprint density at radius 3 is 2.11 bits per heavy atom. The minimum Gasteiger partial charge on any atom is -0.480 e. The third-order valence-corrected chi connectivity index (χ3v) is 1.81. The van der Waals surface area contributed by atoms with Crippen molar-refractivity contribution < 1.29 is 15.0 Å². The highest BCUT2D eigenvalue weighted by atomic mass is 32.1. The number of carboxylic acids is 1. The average molecular weight is 150 g/mol. The van der Waals surface area contributed by atoms with Crippen LogP contribution in [0.1, 0.15) is 13.8 Å². The number of aliphatic hydroxyl groups is 1. The summed E-state index contributed by atoms with van der Waals surface area (Å²) >= 11 is 3.73. The highest BCUT2D eigenvalue weighted by Gasteiger charge is 2.33. The average Bonchev–Trinajstić information content (AvgIpc) is 1.65. The smallest absolute Gasteiger partial charge is 0.321 e. The Morgan fingerprint density at radius 1 is 1.78 bits per heavy atom. The molecule has 54 valence electrons. The van der Waals surface area contributed by atoms with Crippen LogP contribution in [0.2, 0.25) is 0 Å². The van der Waals surface area contributed by atoms with Gasteiger partial charge in [-0.1, -0.05) is 0 Å². The lowest BCUT2D eigenvalue weighted by molar-refractivity contribution is -0.141. The summed E-state index contributed by atoms with van der Waals surface area (Å²) in [4.78, 5) is 10.2. The van der Waals surface area contributed by atoms with Gasteiger partial charge in [-0.15, -0.1) is 0 Å². The Kier molecular flexibility index (Phi) is 2.51. The number of aliphatic carboxylic acids is 1. The number of aliphatic hydroxyl groups excluding tert-OH is 1. The summed E-state index contributed by atoms with van der Waals surface area (Å²) in [5, 5.41) is 17.2. The molecule has 9 heavy (non-hydrogen) atoms. The van der Waals surface area contributed by atoms with E-state index in [-0.39, 0.29) is 0 Å². The highest BCUT2D eigenvalue weighted by Crippen LogP contribution is 2.17. The lowest BCUT2D eigenvalue weighted by atomic mass is 10.1. The van der Waals surface area contributed by atoms with Crippen molar-refractivity contribution in [2.24, 2.45) is 0 Å². The van der Waals surface area contributed by atoms with E-state index in [9.17, 15) is 4.79 Å². The zero-order valence-corrected chi connectivity index (χ0v) is 6.22. The molecule has 0 saturated carbocycles. The van der Waals surface area contributed by atoms with Crippen molar-refractivity contribution in [3.63, 3.8) is 0 Å². The van der Waals surface area contributed by atoms with Crippen molar-refractivity contribution >= 4 is 18.6 Å². The van der Waals surface area contributed by atoms with Crippen LogP contribution >= 0.6 is 12.6 Å². The molecule has 0 aliphatic heterocycles. The summed E-state index contributed by atoms with van der Waals surface area (Å²) < 4.78 is -1.33. The minimum absolute atomic E-state index is 0.946. The first kappa shape index (κ1) is 8.78. The van der Waals surface area contributed by atoms with Gasteiger partial charge in [0.25, 0.3) is 0 Å². The fourth-order valence-electron chi connectivity index (χ4n) is 0.179. The van der Waals surface area contributed by atoms with E-state index in [1.54, 1.807) is 0 Å². The van der Waals surface area contributed by atoms with E-state index in [0.29, 0.717) is 0 Å². The summed E-state index contributed by atoms with van der Waals surface area (Å²) in [6.07, 6.45) is -0.946. The topological polar surface area (TPSA) is 57.5 Å². The van der Waals surface area contributed by atoms with Crippen LogP contribution in [0.25, 0.3) is 0 Å². The van der Waals surface area contributed by atoms with Gasteiger partial charge in [0.2, 0.25) is 0 Å². The molecule has 0 aromatic heterocycles. The second-order valence-electron chi connectivity index (χ2n) is 2.13. The SMILES string of the molecule is CC(O)C(C)(S)C(=O)O. The van der Waals surface area contributed by atoms with Crippen LogP contribution in [-0.4, -0.2) is 27.0 Å². The van der Waals surface area contributed by atoms with E-state index in [1.807, 2.05) is 0 Å². The van der Waals surface area contributed by atoms with Crippen LogP contribution in [0.4, 0.5) is 0 Å². The molecule has 0 amide bonds. The Balaban J connectivity index is 4.19. The van der Waals surface area contributed by atoms with Gasteiger partial charge >= 0.3 is 5.97 Å². The lowest BCUT2D eigenvalue weighted by Gasteiger charge is -2.20. The molecule has 2 unspecified atom stereocenters. The Labute approximate surface area is 59.1 Å². The molecule has 0 bridgehead atoms. The summed E-state index contributed by atoms with van der Waals surface area (Å²) in [6.45, 7) is 2.74. The van der Waals surface area contributed by atoms with Crippen LogP contribution in [0.3, 0.4) is 0 Å². The number of carbonyl (C=O) groups is 1. The second kappa shape index (κ2) is 2.58. The van der Waals surface area contributed by atoms with Gasteiger partial charge in [-0.2, -0.15) is 12.6 Å². The summed E-state index contributed by atoms with van der Waals surface area (Å²) in [5.41, 5.74) is 0. The lowest BCUT2D eigenvalue weighted by Crippen LogP contribution is -2.39. The standard InChI is InChI=1S/C5H10O3S/c1-3(6)5(2,9)4(7)8/h3,6,9H,1-2H3,(H,7,8). The first-order chi connectivity index (χ1) is 3.89. The van der Waals surface area contributed by atoms with Crippen molar-refractivity contribution in [2.75, 3.05) is 0 Å². The molecule has 0 spiro atoms. The van der Waals surface area contributed by atoms with Crippen LogP contribution in [0.15, 0.2) is 0 Å². The second-order valence-corrected chi connectivity index (χ2v) is 3.06. The third-order valence-electron chi connectivity index (χ3n) is 1.25. The van der Waals surface area contributed by atoms with Gasteiger partial charge in [0, 0.05) is 0 Å². The zero-order chi connectivity index (χ0) is 7.65. The van der Waals surface area contributed by atoms with Gasteiger partial charge in [0.1, 0.15) is 4.75 Å². The molecule has 0 aromatic carbocycles. The molecule has 0 aromatic rings. The maximum Gasteiger partial charge on any atom is 0.321 e. The Hall–Kier alpha value is -0.220. The highest BCUT2D eigenvalue weighted by molar-refractivity contribution is 7.82. The summed E-state index contributed by atoms with van der Waals surface area (Å²) in [7, 11) is 0. The Bertz CT molecular complexity index is 119. The van der Waals surface area contributed by atoms with Gasteiger partial charge in [0.05, 0.1) is 6.10 Å². The van der Waals surface area contributed by atoms with Crippen molar-refractivity contribution in [3.8, 4) is 0 Å². The number of hydrogen-bond donors (Lipinski definition) is 3. The van der Waals surface area contributed by atoms with E-state index in [4.69, 9.17) is 10.2 Å². The zero-order valence-electron chi connectivity index (χ0n) is 5.33. The molecule has 4 heteroatoms. The molecule has 3 nitrogen and oxygen atoms in total. The van der Waals surface area contributed by atoms with Gasteiger partial charge in [-0.3, -0.25) is 4.79 Å². The van der Waals surface area contributed by atoms with E-state index >= 15 is 0 Å². The van der Waals surface area contributed by atoms with Crippen molar-refractivity contribution in [1.29, 1.82) is 0 Å². The molecule has 0 radical (unpaired) electrons. The van der Waals surface area contributed by atoms with Crippen LogP contribution < -0.4 is 0 Å². The number of thiol groups is 1. The largest absolute Gasteiger partial charge is 0.480 e. The van der Waals surface area contributed by atoms with Crippen molar-refractivity contribution in [1.82, 2.24) is 0 Å². The van der Waals surface area contributed by atoms with Crippen molar-refractivity contribution in [3.05, 3.63) is 0 Å². The normalized spacial score (nSPS) is 20.4. The summed E-state index contributed by atoms with van der Waals surface area (Å²) in [6, 6.07) is 0. The number of carboxylic acid groups (broad SMARTS) is 1. The molecule has 0 fully saturated rings. The third kappa shape index (κ3) is 1.87. The molecule has 0 aliphatic rings. The molecule has 0 rings (SSSR count). The molecule has 0 aliphatic carbocycles. The van der Waals surface area contributed by atoms with Crippen LogP contribution in [0, 0.1) is 0 Å². The van der Waals surface area contributed by atoms with E-state index in [1.165, 1.54) is 13.8 Å². The van der Waals surface area contributed by atoms with Gasteiger partial charge in [0.15, 0.2) is 0 Å². The fourth-order valence-corrected chi connectivity index (χ4v) is 0.179. The predicted molar refractivity (Wildman–Crippen MR) is 36.7 cm³/mol. The minimum atomic E-state index is -1.33. The molecule has 2 atom stereocenters. The maximum absolute atomic E-state index is 10.2. The van der Waals surface area contributed by atoms with E-state index in [0.717, 1.165) is 0 Å². The maximum atomic E-state index is 10.2. The molecule has 2 N–H and O–H groups in total. The van der Waals surface area contributed by atoms with E-state index in [2.05, 4.69) is 12.6 Å². The fraction of sp³-hybridized carbons (Fsp3) is 0.800. The monoisotopic (exact) mass is 150 g/mol. The number of rotatable bonds is 2. The van der Waals surface area contributed by atoms with Crippen molar-refractivity contribution in [2.45, 2.75) is 24.7 Å². The predicted octanol–water partition coefficient (Wildman–Crippen LogP) is 0.140. The quantitative estimate of drug-likeness (QED) is 0.491. The van der Waals surface area contributed by atoms with Gasteiger partial charge < -0.3 is 10.2 Å². The first-order valence-electron chi connectivity index (χ1n) is 2.53.